The molecular formula is C101H114O8. The molecule has 0 N–H and O–H groups in total. The monoisotopic (exact) mass is 1450 g/mol. The summed E-state index contributed by atoms with van der Waals surface area (Å²) in [5, 5.41) is 0. The molecule has 0 aromatic heterocycles. The minimum atomic E-state index is 0.310. The van der Waals surface area contributed by atoms with Crippen LogP contribution in [-0.4, -0.2) is 0 Å². The van der Waals surface area contributed by atoms with E-state index in [1.807, 2.05) is 79.7 Å². The molecule has 0 bridgehead atoms. The lowest BCUT2D eigenvalue weighted by Crippen LogP contribution is -2.03. The van der Waals surface area contributed by atoms with Gasteiger partial charge in [0.1, 0.15) is 98.9 Å². The fraction of sp³-hybridized carbons (Fsp3) is 0.287. The lowest BCUT2D eigenvalue weighted by molar-refractivity contribution is 0.276. The van der Waals surface area contributed by atoms with Crippen LogP contribution in [0, 0.1) is 145 Å². The molecule has 0 heterocycles. The van der Waals surface area contributed by atoms with Crippen molar-refractivity contribution in [2.24, 2.45) is 0 Å². The Hall–Kier alpha value is -11.0. The highest BCUT2D eigenvalue weighted by Crippen LogP contribution is 2.32. The summed E-state index contributed by atoms with van der Waals surface area (Å²) >= 11 is 0. The standard InChI is InChI=1S/C57H60O6.C25H28O2.C10H14.C9H12/c1-37-10-38(2)15-46(14-37)31-60-54-24-50(25-55(29-54)61-32-47-16-39(3)11-40(4)17-47)35-58-52-22-45(9)23-53(28-52)59-36-51-26-56(62-33-48-18-41(5)12-42(6)19-48)30-57(27-51)63-34-49-20-43(7)13-44(8)21-49;1-17-6-18(2)9-22(8-17)15-26-24-12-21(5)13-25(14-24)27-16-23-10-19(3)7-20(4)11-23;1-7-5-8(2)10(4)9(3)6-7;1-7-4-8(2)6-9(3)5-7/h10-30H,31-36H2,1-9H3;6-14H,15-16H2,1-5H3;5-6H,1-4H3;4-6H,1-3H3. The third-order valence-corrected chi connectivity index (χ3v) is 18.3. The van der Waals surface area contributed by atoms with Gasteiger partial charge in [0.15, 0.2) is 0 Å². The minimum absolute atomic E-state index is 0.310. The van der Waals surface area contributed by atoms with Crippen LogP contribution in [0.4, 0.5) is 0 Å². The Labute approximate surface area is 652 Å². The van der Waals surface area contributed by atoms with E-state index in [0.717, 1.165) is 79.0 Å². The number of hydrogen-bond donors (Lipinski definition) is 0. The van der Waals surface area contributed by atoms with E-state index in [1.54, 1.807) is 0 Å². The molecule has 0 amide bonds. The second kappa shape index (κ2) is 39.2. The van der Waals surface area contributed by atoms with Crippen LogP contribution in [0.25, 0.3) is 0 Å². The zero-order valence-corrected chi connectivity index (χ0v) is 68.6. The van der Waals surface area contributed by atoms with Gasteiger partial charge in [-0.3, -0.25) is 0 Å². The third kappa shape index (κ3) is 28.0. The van der Waals surface area contributed by atoms with Gasteiger partial charge in [0, 0.05) is 24.3 Å². The summed E-state index contributed by atoms with van der Waals surface area (Å²) in [6.45, 7) is 48.0. The van der Waals surface area contributed by atoms with Crippen molar-refractivity contribution in [3.63, 3.8) is 0 Å². The van der Waals surface area contributed by atoms with E-state index >= 15 is 0 Å². The molecule has 0 fully saturated rings. The molecule has 566 valence electrons. The average molecular weight is 1460 g/mol. The van der Waals surface area contributed by atoms with Crippen LogP contribution >= 0.6 is 0 Å². The van der Waals surface area contributed by atoms with Crippen LogP contribution in [0.1, 0.15) is 161 Å². The van der Waals surface area contributed by atoms with Crippen LogP contribution in [0.15, 0.2) is 212 Å². The summed E-state index contributed by atoms with van der Waals surface area (Å²) in [6.07, 6.45) is 0. The molecule has 0 spiro atoms. The van der Waals surface area contributed by atoms with Crippen LogP contribution in [0.2, 0.25) is 0 Å². The van der Waals surface area contributed by atoms with Gasteiger partial charge in [-0.05, 0) is 266 Å². The maximum absolute atomic E-state index is 6.45. The first-order valence-corrected chi connectivity index (χ1v) is 38.0. The topological polar surface area (TPSA) is 73.8 Å². The summed E-state index contributed by atoms with van der Waals surface area (Å²) in [7, 11) is 0. The molecule has 0 aliphatic rings. The highest BCUT2D eigenvalue weighted by atomic mass is 16.5. The van der Waals surface area contributed by atoms with Gasteiger partial charge in [-0.15, -0.1) is 0 Å². The van der Waals surface area contributed by atoms with E-state index in [-0.39, 0.29) is 0 Å². The van der Waals surface area contributed by atoms with Crippen molar-refractivity contribution < 1.29 is 37.9 Å². The minimum Gasteiger partial charge on any atom is -0.489 e. The Kier molecular flexibility index (Phi) is 29.6. The van der Waals surface area contributed by atoms with E-state index in [9.17, 15) is 0 Å². The maximum atomic E-state index is 6.45. The quantitative estimate of drug-likeness (QED) is 0.0592. The molecule has 0 unspecified atom stereocenters. The molecule has 0 saturated carbocycles. The van der Waals surface area contributed by atoms with Crippen molar-refractivity contribution >= 4 is 0 Å². The molecule has 0 aliphatic carbocycles. The largest absolute Gasteiger partial charge is 0.489 e. The van der Waals surface area contributed by atoms with Gasteiger partial charge in [0.25, 0.3) is 0 Å². The zero-order chi connectivity index (χ0) is 78.4. The van der Waals surface area contributed by atoms with E-state index in [2.05, 4.69) is 278 Å². The van der Waals surface area contributed by atoms with E-state index in [0.29, 0.717) is 64.4 Å². The summed E-state index contributed by atoms with van der Waals surface area (Å²) in [6, 6.07) is 74.0. The van der Waals surface area contributed by atoms with Crippen molar-refractivity contribution in [1.29, 1.82) is 0 Å². The normalized spacial score (nSPS) is 10.7. The van der Waals surface area contributed by atoms with Crippen molar-refractivity contribution in [2.45, 2.75) is 198 Å². The Morgan fingerprint density at radius 2 is 0.248 bits per heavy atom. The number of benzene rings is 12. The van der Waals surface area contributed by atoms with Crippen molar-refractivity contribution in [3.8, 4) is 46.0 Å². The maximum Gasteiger partial charge on any atom is 0.123 e. The molecule has 0 saturated heterocycles. The van der Waals surface area contributed by atoms with Crippen molar-refractivity contribution in [1.82, 2.24) is 0 Å². The molecule has 0 radical (unpaired) electrons. The van der Waals surface area contributed by atoms with Crippen LogP contribution < -0.4 is 37.9 Å². The van der Waals surface area contributed by atoms with Gasteiger partial charge in [-0.1, -0.05) is 229 Å². The Balaban J connectivity index is 0.000000239. The first-order chi connectivity index (χ1) is 51.9. The van der Waals surface area contributed by atoms with Gasteiger partial charge in [0.2, 0.25) is 0 Å². The first kappa shape index (κ1) is 82.1. The van der Waals surface area contributed by atoms with Gasteiger partial charge in [0.05, 0.1) is 0 Å². The Morgan fingerprint density at radius 1 is 0.128 bits per heavy atom. The Bertz CT molecular complexity index is 4480. The molecule has 0 atom stereocenters. The van der Waals surface area contributed by atoms with E-state index in [4.69, 9.17) is 37.9 Å². The predicted octanol–water partition coefficient (Wildman–Crippen LogP) is 25.9. The fourth-order valence-electron chi connectivity index (χ4n) is 14.2. The number of aryl methyl sites for hydroxylation is 20. The molecular weight excluding hydrogens is 1340 g/mol. The zero-order valence-electron chi connectivity index (χ0n) is 68.6. The molecule has 8 nitrogen and oxygen atoms in total. The van der Waals surface area contributed by atoms with Crippen molar-refractivity contribution in [2.75, 3.05) is 0 Å². The van der Waals surface area contributed by atoms with Gasteiger partial charge in [-0.2, -0.15) is 0 Å². The van der Waals surface area contributed by atoms with E-state index < -0.39 is 0 Å². The molecule has 12 aromatic carbocycles. The van der Waals surface area contributed by atoms with Gasteiger partial charge in [-0.25, -0.2) is 0 Å². The highest BCUT2D eigenvalue weighted by Gasteiger charge is 2.13. The third-order valence-electron chi connectivity index (χ3n) is 18.3. The number of hydrogen-bond acceptors (Lipinski definition) is 8. The lowest BCUT2D eigenvalue weighted by Gasteiger charge is -2.16. The SMILES string of the molecule is Cc1cc(C)c(C)c(C)c1.Cc1cc(C)cc(C)c1.Cc1cc(C)cc(COc2cc(C)cc(OCc3cc(C)cc(C)c3)c2)c1.Cc1cc(C)cc(COc2cc(COc3cc(C)cc(OCc4cc(OCc5cc(C)cc(C)c5)cc(OCc5cc(C)cc(C)c5)c4)c3)cc(OCc3cc(C)cc(C)c3)c2)c1. The van der Waals surface area contributed by atoms with Crippen molar-refractivity contribution in [3.05, 3.63) is 374 Å². The second-order valence-corrected chi connectivity index (χ2v) is 30.6. The first-order valence-electron chi connectivity index (χ1n) is 38.0. The highest BCUT2D eigenvalue weighted by molar-refractivity contribution is 5.45. The lowest BCUT2D eigenvalue weighted by atomic mass is 10.0. The summed E-state index contributed by atoms with van der Waals surface area (Å²) < 4.78 is 50.5. The molecule has 12 rings (SSSR count). The summed E-state index contributed by atoms with van der Waals surface area (Å²) in [5.41, 5.74) is 35.3. The smallest absolute Gasteiger partial charge is 0.123 e. The van der Waals surface area contributed by atoms with Crippen LogP contribution in [-0.2, 0) is 52.9 Å². The fourth-order valence-corrected chi connectivity index (χ4v) is 14.2. The van der Waals surface area contributed by atoms with Gasteiger partial charge < -0.3 is 37.9 Å². The predicted molar refractivity (Wildman–Crippen MR) is 451 cm³/mol. The second-order valence-electron chi connectivity index (χ2n) is 30.6. The van der Waals surface area contributed by atoms with Crippen LogP contribution in [0.5, 0.6) is 46.0 Å². The Morgan fingerprint density at radius 3 is 0.413 bits per heavy atom. The molecule has 109 heavy (non-hydrogen) atoms. The summed E-state index contributed by atoms with van der Waals surface area (Å²) in [5.74, 6) is 5.95. The number of ether oxygens (including phenoxy) is 8. The molecule has 12 aromatic rings. The molecule has 8 heteroatoms. The van der Waals surface area contributed by atoms with Gasteiger partial charge >= 0.3 is 0 Å². The number of rotatable bonds is 24. The average Bonchev–Trinajstić information content (AvgIpc) is 0.480. The molecule has 0 aliphatic heterocycles. The van der Waals surface area contributed by atoms with Crippen LogP contribution in [0.3, 0.4) is 0 Å². The summed E-state index contributed by atoms with van der Waals surface area (Å²) in [4.78, 5) is 0. The van der Waals surface area contributed by atoms with E-state index in [1.165, 1.54) is 117 Å².